The monoisotopic (exact) mass is 652 g/mol. The van der Waals surface area contributed by atoms with E-state index in [2.05, 4.69) is 86.6 Å². The van der Waals surface area contributed by atoms with Crippen molar-refractivity contribution in [3.05, 3.63) is 60.8 Å². The molecule has 0 radical (unpaired) electrons. The van der Waals surface area contributed by atoms with Gasteiger partial charge in [0.15, 0.2) is 5.79 Å². The number of allylic oxidation sites excluding steroid dienone is 10. The van der Waals surface area contributed by atoms with E-state index in [4.69, 9.17) is 9.47 Å². The molecule has 2 unspecified atom stereocenters. The fraction of sp³-hybridized carbons (Fsp3) is 0.773. The number of hydrogen-bond acceptors (Lipinski definition) is 3. The van der Waals surface area contributed by atoms with E-state index in [9.17, 15) is 0 Å². The first-order valence-electron chi connectivity index (χ1n) is 20.4. The molecular formula is C44H77NO2. The third-order valence-electron chi connectivity index (χ3n) is 9.95. The second-order valence-electron chi connectivity index (χ2n) is 14.6. The van der Waals surface area contributed by atoms with Crippen LogP contribution >= 0.6 is 0 Å². The van der Waals surface area contributed by atoms with Crippen LogP contribution in [0.1, 0.15) is 181 Å². The van der Waals surface area contributed by atoms with Gasteiger partial charge in [0.1, 0.15) is 5.60 Å². The summed E-state index contributed by atoms with van der Waals surface area (Å²) in [5, 5.41) is 0. The van der Waals surface area contributed by atoms with E-state index in [0.29, 0.717) is 0 Å². The van der Waals surface area contributed by atoms with Crippen molar-refractivity contribution >= 4 is 0 Å². The van der Waals surface area contributed by atoms with Crippen molar-refractivity contribution in [2.45, 2.75) is 192 Å². The standard InChI is InChI=1S/C44H77NO2/c1-4-6-8-10-12-14-16-18-20-22-24-26-28-30-32-34-38-44(46-42-43(47-44)37-36-40-45(3)41-43)39-35-33-31-29-27-25-23-21-19-17-15-13-11-9-7-5-2/h6,8,12-15,18-21H,4-5,7,9-11,16-17,22-42H2,1-3H3/b8-6-,14-12-,15-13-,20-18-,21-19-. The van der Waals surface area contributed by atoms with Crippen molar-refractivity contribution in [2.24, 2.45) is 0 Å². The van der Waals surface area contributed by atoms with E-state index in [1.165, 1.54) is 129 Å². The highest BCUT2D eigenvalue weighted by atomic mass is 16.8. The number of likely N-dealkylation sites (N-methyl/N-ethyl adjacent to an activating group) is 1. The maximum absolute atomic E-state index is 7.00. The average Bonchev–Trinajstić information content (AvgIpc) is 3.41. The van der Waals surface area contributed by atoms with Crippen molar-refractivity contribution in [1.29, 1.82) is 0 Å². The van der Waals surface area contributed by atoms with Crippen molar-refractivity contribution in [3.8, 4) is 0 Å². The molecule has 0 amide bonds. The summed E-state index contributed by atoms with van der Waals surface area (Å²) in [5.74, 6) is -0.334. The number of hydrogen-bond donors (Lipinski definition) is 0. The lowest BCUT2D eigenvalue weighted by atomic mass is 9.93. The Kier molecular flexibility index (Phi) is 25.2. The molecule has 47 heavy (non-hydrogen) atoms. The van der Waals surface area contributed by atoms with Crippen LogP contribution < -0.4 is 0 Å². The number of ether oxygens (including phenoxy) is 2. The van der Waals surface area contributed by atoms with Gasteiger partial charge < -0.3 is 14.4 Å². The molecule has 270 valence electrons. The Labute approximate surface area is 293 Å². The van der Waals surface area contributed by atoms with Gasteiger partial charge in [-0.2, -0.15) is 0 Å². The van der Waals surface area contributed by atoms with Crippen LogP contribution in [0.4, 0.5) is 0 Å². The number of nitrogens with zero attached hydrogens (tertiary/aromatic N) is 1. The van der Waals surface area contributed by atoms with Gasteiger partial charge in [0.25, 0.3) is 0 Å². The second-order valence-corrected chi connectivity index (χ2v) is 14.6. The molecule has 0 N–H and O–H groups in total. The first-order valence-corrected chi connectivity index (χ1v) is 20.4. The fourth-order valence-electron chi connectivity index (χ4n) is 7.18. The minimum atomic E-state index is -0.334. The fourth-order valence-corrected chi connectivity index (χ4v) is 7.18. The van der Waals surface area contributed by atoms with Gasteiger partial charge in [-0.3, -0.25) is 0 Å². The summed E-state index contributed by atoms with van der Waals surface area (Å²) >= 11 is 0. The predicted molar refractivity (Wildman–Crippen MR) is 207 cm³/mol. The van der Waals surface area contributed by atoms with Gasteiger partial charge >= 0.3 is 0 Å². The largest absolute Gasteiger partial charge is 0.347 e. The minimum absolute atomic E-state index is 0.0687. The van der Waals surface area contributed by atoms with E-state index in [-0.39, 0.29) is 11.4 Å². The Bertz CT molecular complexity index is 872. The van der Waals surface area contributed by atoms with E-state index in [1.54, 1.807) is 0 Å². The molecule has 0 aromatic heterocycles. The molecule has 2 fully saturated rings. The SMILES string of the molecule is CC/C=C\C/C=C\C/C=C\CCCCCCCCC1(CCCCCCCC/C=C\C/C=C\CCCCC)OCC2(CCCN(C)C2)O1. The number of rotatable bonds is 29. The Balaban J connectivity index is 1.57. The zero-order chi connectivity index (χ0) is 33.6. The van der Waals surface area contributed by atoms with Crippen LogP contribution in [0.15, 0.2) is 60.8 Å². The van der Waals surface area contributed by atoms with Crippen molar-refractivity contribution in [2.75, 3.05) is 26.7 Å². The first kappa shape index (κ1) is 41.7. The summed E-state index contributed by atoms with van der Waals surface area (Å²) in [6.45, 7) is 7.46. The number of piperidine rings is 1. The molecule has 2 heterocycles. The molecule has 0 saturated carbocycles. The first-order chi connectivity index (χ1) is 23.1. The molecule has 0 aromatic carbocycles. The normalized spacial score (nSPS) is 22.6. The summed E-state index contributed by atoms with van der Waals surface area (Å²) in [4.78, 5) is 2.45. The topological polar surface area (TPSA) is 21.7 Å². The van der Waals surface area contributed by atoms with E-state index in [0.717, 1.165) is 58.1 Å². The molecule has 0 aromatic rings. The lowest BCUT2D eigenvalue weighted by Crippen LogP contribution is -2.49. The summed E-state index contributed by atoms with van der Waals surface area (Å²) in [6.07, 6.45) is 55.6. The van der Waals surface area contributed by atoms with Crippen LogP contribution in [0.5, 0.6) is 0 Å². The highest BCUT2D eigenvalue weighted by Gasteiger charge is 2.50. The molecule has 2 saturated heterocycles. The minimum Gasteiger partial charge on any atom is -0.347 e. The van der Waals surface area contributed by atoms with Gasteiger partial charge in [0, 0.05) is 19.4 Å². The van der Waals surface area contributed by atoms with Crippen LogP contribution in [-0.4, -0.2) is 43.0 Å². The van der Waals surface area contributed by atoms with E-state index in [1.807, 2.05) is 0 Å². The summed E-state index contributed by atoms with van der Waals surface area (Å²) < 4.78 is 13.7. The smallest absolute Gasteiger partial charge is 0.169 e. The van der Waals surface area contributed by atoms with Gasteiger partial charge in [0.2, 0.25) is 0 Å². The molecule has 0 aliphatic carbocycles. The van der Waals surface area contributed by atoms with Crippen LogP contribution in [0, 0.1) is 0 Å². The molecular weight excluding hydrogens is 574 g/mol. The number of likely N-dealkylation sites (tertiary alicyclic amines) is 1. The summed E-state index contributed by atoms with van der Waals surface area (Å²) in [7, 11) is 2.24. The molecule has 3 nitrogen and oxygen atoms in total. The van der Waals surface area contributed by atoms with Gasteiger partial charge in [-0.15, -0.1) is 0 Å². The highest BCUT2D eigenvalue weighted by Crippen LogP contribution is 2.43. The van der Waals surface area contributed by atoms with Crippen LogP contribution in [-0.2, 0) is 9.47 Å². The van der Waals surface area contributed by atoms with Crippen LogP contribution in [0.25, 0.3) is 0 Å². The number of unbranched alkanes of at least 4 members (excludes halogenated alkanes) is 15. The molecule has 1 spiro atoms. The van der Waals surface area contributed by atoms with Crippen LogP contribution in [0.3, 0.4) is 0 Å². The van der Waals surface area contributed by atoms with Gasteiger partial charge in [-0.05, 0) is 103 Å². The maximum atomic E-state index is 7.00. The third kappa shape index (κ3) is 21.3. The quantitative estimate of drug-likeness (QED) is 0.0593. The third-order valence-corrected chi connectivity index (χ3v) is 9.95. The lowest BCUT2D eigenvalue weighted by Gasteiger charge is -2.39. The van der Waals surface area contributed by atoms with Gasteiger partial charge in [-0.25, -0.2) is 0 Å². The molecule has 2 rings (SSSR count). The van der Waals surface area contributed by atoms with Gasteiger partial charge in [0.05, 0.1) is 6.61 Å². The van der Waals surface area contributed by atoms with Gasteiger partial charge in [-0.1, -0.05) is 139 Å². The zero-order valence-electron chi connectivity index (χ0n) is 31.5. The second kappa shape index (κ2) is 28.4. The van der Waals surface area contributed by atoms with Crippen molar-refractivity contribution < 1.29 is 9.47 Å². The molecule has 2 atom stereocenters. The molecule has 2 aliphatic rings. The summed E-state index contributed by atoms with van der Waals surface area (Å²) in [5.41, 5.74) is -0.0687. The van der Waals surface area contributed by atoms with Crippen molar-refractivity contribution in [3.63, 3.8) is 0 Å². The van der Waals surface area contributed by atoms with Crippen LogP contribution in [0.2, 0.25) is 0 Å². The molecule has 2 aliphatic heterocycles. The highest BCUT2D eigenvalue weighted by molar-refractivity contribution is 4.98. The maximum Gasteiger partial charge on any atom is 0.169 e. The zero-order valence-corrected chi connectivity index (χ0v) is 31.5. The Hall–Kier alpha value is -1.42. The Morgan fingerprint density at radius 3 is 1.53 bits per heavy atom. The van der Waals surface area contributed by atoms with E-state index < -0.39 is 0 Å². The Morgan fingerprint density at radius 2 is 1.02 bits per heavy atom. The Morgan fingerprint density at radius 1 is 0.553 bits per heavy atom. The van der Waals surface area contributed by atoms with E-state index >= 15 is 0 Å². The average molecular weight is 652 g/mol. The molecule has 3 heteroatoms. The summed E-state index contributed by atoms with van der Waals surface area (Å²) in [6, 6.07) is 0. The van der Waals surface area contributed by atoms with Crippen molar-refractivity contribution in [1.82, 2.24) is 4.90 Å². The molecule has 0 bridgehead atoms. The predicted octanol–water partition coefficient (Wildman–Crippen LogP) is 13.4. The lowest BCUT2D eigenvalue weighted by molar-refractivity contribution is -0.204.